The molecule has 0 fully saturated rings. The van der Waals surface area contributed by atoms with Gasteiger partial charge in [0.1, 0.15) is 11.8 Å². The molecule has 0 bridgehead atoms. The molecule has 130 valence electrons. The van der Waals surface area contributed by atoms with Crippen molar-refractivity contribution in [2.75, 3.05) is 17.7 Å². The van der Waals surface area contributed by atoms with E-state index in [9.17, 15) is 4.79 Å². The number of amides is 1. The van der Waals surface area contributed by atoms with Crippen LogP contribution >= 0.6 is 22.9 Å². The van der Waals surface area contributed by atoms with E-state index in [-0.39, 0.29) is 5.91 Å². The number of fused-ring (bicyclic) bond motifs is 1. The lowest BCUT2D eigenvalue weighted by molar-refractivity contribution is -0.116. The molecule has 25 heavy (non-hydrogen) atoms. The summed E-state index contributed by atoms with van der Waals surface area (Å²) < 4.78 is 6.20. The standard InChI is InChI=1S/C18H18ClN3O2S/c1-10(18(23)22-12-5-7-16(24-3)14(19)8-12)20-13-4-6-15-17(9-13)25-11(2)21-15/h4-10,20H,1-3H3,(H,22,23)/t10-/m1/s1. The molecule has 2 N–H and O–H groups in total. The molecule has 0 saturated heterocycles. The van der Waals surface area contributed by atoms with Crippen LogP contribution in [0, 0.1) is 6.92 Å². The number of thiazole rings is 1. The predicted octanol–water partition coefficient (Wildman–Crippen LogP) is 4.71. The van der Waals surface area contributed by atoms with E-state index in [0.29, 0.717) is 16.5 Å². The Bertz CT molecular complexity index is 926. The number of carbonyl (C=O) groups excluding carboxylic acids is 1. The number of ether oxygens (including phenoxy) is 1. The number of nitrogens with one attached hydrogen (secondary N) is 2. The molecule has 1 aromatic heterocycles. The van der Waals surface area contributed by atoms with Crippen molar-refractivity contribution in [2.24, 2.45) is 0 Å². The molecule has 1 atom stereocenters. The molecule has 3 aromatic rings. The van der Waals surface area contributed by atoms with Crippen molar-refractivity contribution >= 4 is 50.4 Å². The Kier molecular flexibility index (Phi) is 5.11. The minimum atomic E-state index is -0.410. The van der Waals surface area contributed by atoms with Crippen LogP contribution in [0.3, 0.4) is 0 Å². The number of aryl methyl sites for hydroxylation is 1. The van der Waals surface area contributed by atoms with Gasteiger partial charge >= 0.3 is 0 Å². The maximum atomic E-state index is 12.4. The number of methoxy groups -OCH3 is 1. The van der Waals surface area contributed by atoms with E-state index < -0.39 is 6.04 Å². The number of benzene rings is 2. The molecule has 0 saturated carbocycles. The van der Waals surface area contributed by atoms with E-state index in [1.807, 2.05) is 32.0 Å². The number of anilines is 2. The highest BCUT2D eigenvalue weighted by Gasteiger charge is 2.14. The topological polar surface area (TPSA) is 63.2 Å². The number of nitrogens with zero attached hydrogens (tertiary/aromatic N) is 1. The van der Waals surface area contributed by atoms with Gasteiger partial charge in [0, 0.05) is 11.4 Å². The van der Waals surface area contributed by atoms with Crippen LogP contribution in [0.15, 0.2) is 36.4 Å². The van der Waals surface area contributed by atoms with Gasteiger partial charge in [-0.05, 0) is 50.2 Å². The van der Waals surface area contributed by atoms with Crippen LogP contribution < -0.4 is 15.4 Å². The third-order valence-electron chi connectivity index (χ3n) is 3.69. The van der Waals surface area contributed by atoms with Crippen molar-refractivity contribution in [3.8, 4) is 5.75 Å². The summed E-state index contributed by atoms with van der Waals surface area (Å²) in [5, 5.41) is 7.53. The summed E-state index contributed by atoms with van der Waals surface area (Å²) in [7, 11) is 1.55. The molecule has 0 aliphatic rings. The second-order valence-electron chi connectivity index (χ2n) is 5.62. The van der Waals surface area contributed by atoms with E-state index in [0.717, 1.165) is 20.9 Å². The first-order chi connectivity index (χ1) is 12.0. The molecule has 1 heterocycles. The third-order valence-corrected chi connectivity index (χ3v) is 4.92. The minimum Gasteiger partial charge on any atom is -0.495 e. The number of halogens is 1. The van der Waals surface area contributed by atoms with Gasteiger partial charge in [-0.3, -0.25) is 4.79 Å². The van der Waals surface area contributed by atoms with Crippen LogP contribution in [0.1, 0.15) is 11.9 Å². The summed E-state index contributed by atoms with van der Waals surface area (Å²) in [6, 6.07) is 10.6. The maximum Gasteiger partial charge on any atom is 0.246 e. The zero-order chi connectivity index (χ0) is 18.0. The summed E-state index contributed by atoms with van der Waals surface area (Å²) in [6.45, 7) is 3.79. The largest absolute Gasteiger partial charge is 0.495 e. The molecule has 2 aromatic carbocycles. The van der Waals surface area contributed by atoms with Gasteiger partial charge in [-0.1, -0.05) is 11.6 Å². The van der Waals surface area contributed by atoms with Crippen LogP contribution in [0.5, 0.6) is 5.75 Å². The predicted molar refractivity (Wildman–Crippen MR) is 104 cm³/mol. The Morgan fingerprint density at radius 2 is 2.00 bits per heavy atom. The Morgan fingerprint density at radius 1 is 1.24 bits per heavy atom. The van der Waals surface area contributed by atoms with Gasteiger partial charge in [-0.15, -0.1) is 11.3 Å². The average Bonchev–Trinajstić information content (AvgIpc) is 2.94. The van der Waals surface area contributed by atoms with Crippen LogP contribution in [0.25, 0.3) is 10.2 Å². The summed E-state index contributed by atoms with van der Waals surface area (Å²) in [5.74, 6) is 0.417. The molecular weight excluding hydrogens is 358 g/mol. The van der Waals surface area contributed by atoms with Crippen molar-refractivity contribution in [2.45, 2.75) is 19.9 Å². The second kappa shape index (κ2) is 7.29. The van der Waals surface area contributed by atoms with E-state index in [2.05, 4.69) is 15.6 Å². The first-order valence-electron chi connectivity index (χ1n) is 7.74. The SMILES string of the molecule is COc1ccc(NC(=O)[C@@H](C)Nc2ccc3nc(C)sc3c2)cc1Cl. The van der Waals surface area contributed by atoms with Crippen molar-refractivity contribution < 1.29 is 9.53 Å². The van der Waals surface area contributed by atoms with E-state index >= 15 is 0 Å². The number of rotatable bonds is 5. The highest BCUT2D eigenvalue weighted by molar-refractivity contribution is 7.18. The Hall–Kier alpha value is -2.31. The van der Waals surface area contributed by atoms with E-state index in [1.54, 1.807) is 36.6 Å². The molecule has 0 spiro atoms. The van der Waals surface area contributed by atoms with E-state index in [4.69, 9.17) is 16.3 Å². The van der Waals surface area contributed by atoms with Crippen LogP contribution in [0.4, 0.5) is 11.4 Å². The molecule has 3 rings (SSSR count). The van der Waals surface area contributed by atoms with Gasteiger partial charge in [-0.2, -0.15) is 0 Å². The van der Waals surface area contributed by atoms with Crippen LogP contribution in [-0.2, 0) is 4.79 Å². The normalized spacial score (nSPS) is 12.0. The third kappa shape index (κ3) is 4.03. The smallest absolute Gasteiger partial charge is 0.246 e. The minimum absolute atomic E-state index is 0.151. The fourth-order valence-corrected chi connectivity index (χ4v) is 3.56. The molecule has 5 nitrogen and oxygen atoms in total. The lowest BCUT2D eigenvalue weighted by Gasteiger charge is -2.16. The van der Waals surface area contributed by atoms with Crippen LogP contribution in [0.2, 0.25) is 5.02 Å². The Labute approximate surface area is 155 Å². The highest BCUT2D eigenvalue weighted by atomic mass is 35.5. The number of hydrogen-bond acceptors (Lipinski definition) is 5. The molecule has 7 heteroatoms. The number of aromatic nitrogens is 1. The molecule has 0 unspecified atom stereocenters. The van der Waals surface area contributed by atoms with Crippen molar-refractivity contribution in [1.82, 2.24) is 4.98 Å². The van der Waals surface area contributed by atoms with E-state index in [1.165, 1.54) is 0 Å². The first-order valence-corrected chi connectivity index (χ1v) is 8.94. The Balaban J connectivity index is 1.68. The summed E-state index contributed by atoms with van der Waals surface area (Å²) >= 11 is 7.71. The lowest BCUT2D eigenvalue weighted by atomic mass is 10.2. The van der Waals surface area contributed by atoms with Gasteiger partial charge < -0.3 is 15.4 Å². The molecule has 0 aliphatic heterocycles. The fourth-order valence-electron chi connectivity index (χ4n) is 2.44. The number of carbonyl (C=O) groups is 1. The lowest BCUT2D eigenvalue weighted by Crippen LogP contribution is -2.31. The molecule has 0 aliphatic carbocycles. The van der Waals surface area contributed by atoms with Crippen LogP contribution in [-0.4, -0.2) is 24.0 Å². The summed E-state index contributed by atoms with van der Waals surface area (Å²) in [4.78, 5) is 16.8. The van der Waals surface area contributed by atoms with Gasteiger partial charge in [0.15, 0.2) is 0 Å². The molecular formula is C18H18ClN3O2S. The molecule has 0 radical (unpaired) electrons. The van der Waals surface area contributed by atoms with Gasteiger partial charge in [0.05, 0.1) is 27.4 Å². The zero-order valence-electron chi connectivity index (χ0n) is 14.1. The maximum absolute atomic E-state index is 12.4. The molecule has 1 amide bonds. The summed E-state index contributed by atoms with van der Waals surface area (Å²) in [5.41, 5.74) is 2.47. The number of hydrogen-bond donors (Lipinski definition) is 2. The average molecular weight is 376 g/mol. The Morgan fingerprint density at radius 3 is 2.72 bits per heavy atom. The highest BCUT2D eigenvalue weighted by Crippen LogP contribution is 2.28. The van der Waals surface area contributed by atoms with Crippen molar-refractivity contribution in [3.05, 3.63) is 46.4 Å². The van der Waals surface area contributed by atoms with Gasteiger partial charge in [0.2, 0.25) is 5.91 Å². The quantitative estimate of drug-likeness (QED) is 0.678. The zero-order valence-corrected chi connectivity index (χ0v) is 15.7. The fraction of sp³-hybridized carbons (Fsp3) is 0.222. The first kappa shape index (κ1) is 17.5. The van der Waals surface area contributed by atoms with Gasteiger partial charge in [-0.25, -0.2) is 4.98 Å². The van der Waals surface area contributed by atoms with Gasteiger partial charge in [0.25, 0.3) is 0 Å². The monoisotopic (exact) mass is 375 g/mol. The van der Waals surface area contributed by atoms with Crippen molar-refractivity contribution in [3.63, 3.8) is 0 Å². The van der Waals surface area contributed by atoms with Crippen molar-refractivity contribution in [1.29, 1.82) is 0 Å². The summed E-state index contributed by atoms with van der Waals surface area (Å²) in [6.07, 6.45) is 0. The second-order valence-corrected chi connectivity index (χ2v) is 7.26.